The fraction of sp³-hybridized carbons (Fsp3) is 0.882. The molecule has 0 aliphatic carbocycles. The molecule has 122 valence electrons. The Morgan fingerprint density at radius 2 is 1.52 bits per heavy atom. The third-order valence-corrected chi connectivity index (χ3v) is 4.50. The van der Waals surface area contributed by atoms with Crippen molar-refractivity contribution in [1.82, 2.24) is 20.4 Å². The normalized spacial score (nSPS) is 21.0. The molecule has 0 saturated carbocycles. The van der Waals surface area contributed by atoms with Crippen LogP contribution in [-0.4, -0.2) is 75.2 Å². The van der Waals surface area contributed by atoms with Crippen LogP contribution in [0.3, 0.4) is 0 Å². The van der Waals surface area contributed by atoms with Gasteiger partial charge in [0.1, 0.15) is 0 Å². The maximum Gasteiger partial charge on any atom is 0.0163 e. The third-order valence-electron chi connectivity index (χ3n) is 4.50. The summed E-state index contributed by atoms with van der Waals surface area (Å²) in [6, 6.07) is 0. The van der Waals surface area contributed by atoms with Crippen molar-refractivity contribution in [2.75, 3.05) is 65.4 Å². The third kappa shape index (κ3) is 7.96. The van der Waals surface area contributed by atoms with Gasteiger partial charge < -0.3 is 15.5 Å². The molecule has 2 aliphatic heterocycles. The minimum absolute atomic E-state index is 1.09. The second-order valence-electron chi connectivity index (χ2n) is 6.32. The summed E-state index contributed by atoms with van der Waals surface area (Å²) in [6.45, 7) is 11.9. The van der Waals surface area contributed by atoms with Crippen molar-refractivity contribution >= 4 is 0 Å². The lowest BCUT2D eigenvalue weighted by Crippen LogP contribution is -2.37. The van der Waals surface area contributed by atoms with Crippen molar-refractivity contribution in [3.8, 4) is 0 Å². The molecule has 0 amide bonds. The minimum Gasteiger partial charge on any atom is -0.315 e. The van der Waals surface area contributed by atoms with Gasteiger partial charge in [0, 0.05) is 39.3 Å². The van der Waals surface area contributed by atoms with Crippen LogP contribution >= 0.6 is 0 Å². The monoisotopic (exact) mass is 294 g/mol. The number of likely N-dealkylation sites (tertiary alicyclic amines) is 1. The SMILES string of the molecule is C1=CCN(CCNCCNCCCN2CCCCC2)CC1. The molecule has 0 aromatic carbocycles. The summed E-state index contributed by atoms with van der Waals surface area (Å²) in [5, 5.41) is 7.08. The van der Waals surface area contributed by atoms with E-state index in [2.05, 4.69) is 32.6 Å². The van der Waals surface area contributed by atoms with E-state index in [1.165, 1.54) is 64.8 Å². The van der Waals surface area contributed by atoms with Gasteiger partial charge >= 0.3 is 0 Å². The largest absolute Gasteiger partial charge is 0.315 e. The van der Waals surface area contributed by atoms with Crippen LogP contribution in [0.5, 0.6) is 0 Å². The van der Waals surface area contributed by atoms with Gasteiger partial charge in [-0.1, -0.05) is 18.6 Å². The van der Waals surface area contributed by atoms with Crippen LogP contribution in [0.2, 0.25) is 0 Å². The van der Waals surface area contributed by atoms with E-state index in [1.54, 1.807) is 0 Å². The second-order valence-corrected chi connectivity index (χ2v) is 6.32. The van der Waals surface area contributed by atoms with Gasteiger partial charge in [0.15, 0.2) is 0 Å². The van der Waals surface area contributed by atoms with Gasteiger partial charge in [-0.15, -0.1) is 0 Å². The van der Waals surface area contributed by atoms with Crippen LogP contribution in [0.15, 0.2) is 12.2 Å². The number of piperidine rings is 1. The fourth-order valence-electron chi connectivity index (χ4n) is 3.17. The Bertz CT molecular complexity index is 274. The minimum atomic E-state index is 1.09. The molecule has 2 rings (SSSR count). The number of rotatable bonds is 10. The molecule has 1 saturated heterocycles. The molecule has 21 heavy (non-hydrogen) atoms. The van der Waals surface area contributed by atoms with E-state index < -0.39 is 0 Å². The van der Waals surface area contributed by atoms with Crippen LogP contribution in [0.1, 0.15) is 32.1 Å². The Kier molecular flexibility index (Phi) is 9.03. The van der Waals surface area contributed by atoms with Gasteiger partial charge in [-0.3, -0.25) is 4.90 Å². The van der Waals surface area contributed by atoms with E-state index in [1.807, 2.05) is 0 Å². The molecule has 0 aromatic rings. The van der Waals surface area contributed by atoms with Gasteiger partial charge in [-0.25, -0.2) is 0 Å². The van der Waals surface area contributed by atoms with Crippen molar-refractivity contribution < 1.29 is 0 Å². The van der Waals surface area contributed by atoms with Crippen molar-refractivity contribution in [3.63, 3.8) is 0 Å². The molecule has 0 bridgehead atoms. The van der Waals surface area contributed by atoms with E-state index in [4.69, 9.17) is 0 Å². The summed E-state index contributed by atoms with van der Waals surface area (Å²) in [5.41, 5.74) is 0. The van der Waals surface area contributed by atoms with Gasteiger partial charge in [0.05, 0.1) is 0 Å². The first-order valence-electron chi connectivity index (χ1n) is 8.96. The Hall–Kier alpha value is -0.420. The molecule has 2 N–H and O–H groups in total. The number of hydrogen-bond donors (Lipinski definition) is 2. The zero-order valence-electron chi connectivity index (χ0n) is 13.7. The quantitative estimate of drug-likeness (QED) is 0.470. The van der Waals surface area contributed by atoms with Crippen molar-refractivity contribution in [3.05, 3.63) is 12.2 Å². The van der Waals surface area contributed by atoms with E-state index in [0.29, 0.717) is 0 Å². The molecule has 0 radical (unpaired) electrons. The first-order chi connectivity index (χ1) is 10.4. The Morgan fingerprint density at radius 3 is 2.29 bits per heavy atom. The molecule has 2 heterocycles. The van der Waals surface area contributed by atoms with Crippen molar-refractivity contribution in [2.45, 2.75) is 32.1 Å². The highest BCUT2D eigenvalue weighted by Crippen LogP contribution is 2.08. The highest BCUT2D eigenvalue weighted by molar-refractivity contribution is 4.90. The fourth-order valence-corrected chi connectivity index (χ4v) is 3.17. The van der Waals surface area contributed by atoms with Crippen molar-refractivity contribution in [1.29, 1.82) is 0 Å². The van der Waals surface area contributed by atoms with Crippen LogP contribution in [-0.2, 0) is 0 Å². The van der Waals surface area contributed by atoms with Crippen LogP contribution < -0.4 is 10.6 Å². The molecule has 1 fully saturated rings. The molecule has 0 unspecified atom stereocenters. The van der Waals surface area contributed by atoms with E-state index in [0.717, 1.165) is 32.7 Å². The van der Waals surface area contributed by atoms with Crippen LogP contribution in [0.4, 0.5) is 0 Å². The molecular weight excluding hydrogens is 260 g/mol. The zero-order valence-corrected chi connectivity index (χ0v) is 13.7. The number of nitrogens with zero attached hydrogens (tertiary/aromatic N) is 2. The topological polar surface area (TPSA) is 30.5 Å². The predicted octanol–water partition coefficient (Wildman–Crippen LogP) is 1.30. The average molecular weight is 294 g/mol. The van der Waals surface area contributed by atoms with E-state index in [-0.39, 0.29) is 0 Å². The summed E-state index contributed by atoms with van der Waals surface area (Å²) < 4.78 is 0. The first kappa shape index (κ1) is 16.9. The van der Waals surface area contributed by atoms with Gasteiger partial charge in [-0.2, -0.15) is 0 Å². The molecular formula is C17H34N4. The van der Waals surface area contributed by atoms with Crippen LogP contribution in [0.25, 0.3) is 0 Å². The highest BCUT2D eigenvalue weighted by Gasteiger charge is 2.08. The predicted molar refractivity (Wildman–Crippen MR) is 90.8 cm³/mol. The summed E-state index contributed by atoms with van der Waals surface area (Å²) in [5.74, 6) is 0. The Morgan fingerprint density at radius 1 is 0.714 bits per heavy atom. The lowest BCUT2D eigenvalue weighted by atomic mass is 10.1. The van der Waals surface area contributed by atoms with Gasteiger partial charge in [0.2, 0.25) is 0 Å². The lowest BCUT2D eigenvalue weighted by Gasteiger charge is -2.26. The van der Waals surface area contributed by atoms with Gasteiger partial charge in [0.25, 0.3) is 0 Å². The zero-order chi connectivity index (χ0) is 14.6. The summed E-state index contributed by atoms with van der Waals surface area (Å²) in [7, 11) is 0. The standard InChI is InChI=1S/C17H34N4/c1-3-12-20(13-4-1)16-7-8-18-9-10-19-11-17-21-14-5-2-6-15-21/h2,5,18-19H,1,3-4,6-17H2. The highest BCUT2D eigenvalue weighted by atomic mass is 15.1. The summed E-state index contributed by atoms with van der Waals surface area (Å²) >= 11 is 0. The van der Waals surface area contributed by atoms with Gasteiger partial charge in [-0.05, 0) is 51.9 Å². The Balaban J connectivity index is 1.31. The summed E-state index contributed by atoms with van der Waals surface area (Å²) in [4.78, 5) is 5.13. The molecule has 2 aliphatic rings. The van der Waals surface area contributed by atoms with E-state index in [9.17, 15) is 0 Å². The lowest BCUT2D eigenvalue weighted by molar-refractivity contribution is 0.226. The second kappa shape index (κ2) is 11.2. The van der Waals surface area contributed by atoms with Crippen LogP contribution in [0, 0.1) is 0 Å². The Labute approximate surface area is 130 Å². The molecule has 4 heteroatoms. The molecule has 4 nitrogen and oxygen atoms in total. The molecule has 0 atom stereocenters. The smallest absolute Gasteiger partial charge is 0.0163 e. The number of nitrogens with one attached hydrogen (secondary N) is 2. The maximum absolute atomic E-state index is 3.55. The average Bonchev–Trinajstić information content (AvgIpc) is 2.55. The maximum atomic E-state index is 3.55. The molecule has 0 spiro atoms. The summed E-state index contributed by atoms with van der Waals surface area (Å²) in [6.07, 6.45) is 11.3. The number of hydrogen-bond acceptors (Lipinski definition) is 4. The molecule has 0 aromatic heterocycles. The van der Waals surface area contributed by atoms with E-state index >= 15 is 0 Å². The van der Waals surface area contributed by atoms with Crippen molar-refractivity contribution in [2.24, 2.45) is 0 Å². The first-order valence-corrected chi connectivity index (χ1v) is 8.96.